The summed E-state index contributed by atoms with van der Waals surface area (Å²) in [6.07, 6.45) is 0. The average Bonchev–Trinajstić information content (AvgIpc) is 2.41. The number of aryl methyl sites for hydroxylation is 1. The number of anilines is 1. The van der Waals surface area contributed by atoms with Crippen LogP contribution in [0.25, 0.3) is 0 Å². The Morgan fingerprint density at radius 3 is 2.47 bits per heavy atom. The third-order valence-corrected chi connectivity index (χ3v) is 4.08. The Hall–Kier alpha value is -1.32. The van der Waals surface area contributed by atoms with E-state index in [0.29, 0.717) is 6.54 Å². The minimum Gasteiger partial charge on any atom is -0.384 e. The molecule has 2 aromatic carbocycles. The van der Waals surface area contributed by atoms with E-state index >= 15 is 0 Å². The summed E-state index contributed by atoms with van der Waals surface area (Å²) in [5, 5.41) is 13.8. The summed E-state index contributed by atoms with van der Waals surface area (Å²) >= 11 is 3.48. The van der Waals surface area contributed by atoms with Crippen LogP contribution in [0.1, 0.15) is 18.1 Å². The van der Waals surface area contributed by atoms with Crippen molar-refractivity contribution in [3.05, 3.63) is 64.1 Å². The lowest BCUT2D eigenvalue weighted by molar-refractivity contribution is 0.0715. The molecule has 1 unspecified atom stereocenters. The van der Waals surface area contributed by atoms with Crippen LogP contribution in [0.4, 0.5) is 5.69 Å². The Morgan fingerprint density at radius 1 is 1.16 bits per heavy atom. The van der Waals surface area contributed by atoms with Crippen molar-refractivity contribution in [1.29, 1.82) is 0 Å². The normalized spacial score (nSPS) is 13.9. The van der Waals surface area contributed by atoms with Gasteiger partial charge < -0.3 is 10.4 Å². The molecule has 0 amide bonds. The fourth-order valence-electron chi connectivity index (χ4n) is 1.93. The quantitative estimate of drug-likeness (QED) is 0.890. The Bertz CT molecular complexity index is 552. The number of aliphatic hydroxyl groups is 1. The molecule has 100 valence electrons. The second-order valence-corrected chi connectivity index (χ2v) is 5.81. The lowest BCUT2D eigenvalue weighted by Crippen LogP contribution is -2.30. The Balaban J connectivity index is 2.07. The summed E-state index contributed by atoms with van der Waals surface area (Å²) in [6.45, 7) is 4.34. The molecule has 0 radical (unpaired) electrons. The summed E-state index contributed by atoms with van der Waals surface area (Å²) in [7, 11) is 0. The minimum atomic E-state index is -0.887. The molecule has 0 saturated carbocycles. The number of rotatable bonds is 4. The maximum atomic E-state index is 10.5. The molecule has 2 rings (SSSR count). The zero-order valence-corrected chi connectivity index (χ0v) is 12.7. The van der Waals surface area contributed by atoms with E-state index in [9.17, 15) is 5.11 Å². The van der Waals surface area contributed by atoms with Gasteiger partial charge in [0.25, 0.3) is 0 Å². The predicted molar refractivity (Wildman–Crippen MR) is 83.4 cm³/mol. The smallest absolute Gasteiger partial charge is 0.104 e. The lowest BCUT2D eigenvalue weighted by Gasteiger charge is -2.25. The Morgan fingerprint density at radius 2 is 1.84 bits per heavy atom. The van der Waals surface area contributed by atoms with E-state index in [0.717, 1.165) is 15.7 Å². The minimum absolute atomic E-state index is 0.470. The van der Waals surface area contributed by atoms with Crippen molar-refractivity contribution >= 4 is 21.6 Å². The van der Waals surface area contributed by atoms with Gasteiger partial charge in [0.2, 0.25) is 0 Å². The molecule has 0 aromatic heterocycles. The van der Waals surface area contributed by atoms with Gasteiger partial charge in [0.05, 0.1) is 0 Å². The number of nitrogens with one attached hydrogen (secondary N) is 1. The van der Waals surface area contributed by atoms with Gasteiger partial charge in [-0.25, -0.2) is 0 Å². The molecule has 2 aromatic rings. The van der Waals surface area contributed by atoms with E-state index in [1.165, 1.54) is 5.56 Å². The Labute approximate surface area is 122 Å². The molecule has 2 N–H and O–H groups in total. The SMILES string of the molecule is Cc1cc(NCC(C)(O)c2ccccc2)ccc1Br. The van der Waals surface area contributed by atoms with Gasteiger partial charge in [0.1, 0.15) is 5.60 Å². The molecule has 0 heterocycles. The highest BCUT2D eigenvalue weighted by atomic mass is 79.9. The highest BCUT2D eigenvalue weighted by Crippen LogP contribution is 2.23. The van der Waals surface area contributed by atoms with E-state index in [1.54, 1.807) is 0 Å². The van der Waals surface area contributed by atoms with E-state index < -0.39 is 5.60 Å². The second-order valence-electron chi connectivity index (χ2n) is 4.96. The van der Waals surface area contributed by atoms with Crippen LogP contribution in [-0.2, 0) is 5.60 Å². The summed E-state index contributed by atoms with van der Waals surface area (Å²) in [4.78, 5) is 0. The first kappa shape index (κ1) is 14.1. The molecule has 0 bridgehead atoms. The van der Waals surface area contributed by atoms with Gasteiger partial charge in [-0.2, -0.15) is 0 Å². The number of halogens is 1. The van der Waals surface area contributed by atoms with Crippen LogP contribution in [0.15, 0.2) is 53.0 Å². The number of hydrogen-bond donors (Lipinski definition) is 2. The summed E-state index contributed by atoms with van der Waals surface area (Å²) in [6, 6.07) is 15.8. The van der Waals surface area contributed by atoms with Gasteiger partial charge >= 0.3 is 0 Å². The lowest BCUT2D eigenvalue weighted by atomic mass is 9.96. The van der Waals surface area contributed by atoms with Crippen LogP contribution in [0, 0.1) is 6.92 Å². The fourth-order valence-corrected chi connectivity index (χ4v) is 2.17. The van der Waals surface area contributed by atoms with Crippen molar-refractivity contribution in [2.75, 3.05) is 11.9 Å². The monoisotopic (exact) mass is 319 g/mol. The van der Waals surface area contributed by atoms with Crippen LogP contribution in [0.5, 0.6) is 0 Å². The van der Waals surface area contributed by atoms with Crippen molar-refractivity contribution in [2.45, 2.75) is 19.4 Å². The first-order valence-electron chi connectivity index (χ1n) is 6.27. The average molecular weight is 320 g/mol. The second kappa shape index (κ2) is 5.76. The van der Waals surface area contributed by atoms with Crippen LogP contribution in [0.2, 0.25) is 0 Å². The molecule has 0 aliphatic rings. The largest absolute Gasteiger partial charge is 0.384 e. The van der Waals surface area contributed by atoms with E-state index in [-0.39, 0.29) is 0 Å². The van der Waals surface area contributed by atoms with Gasteiger partial charge in [-0.1, -0.05) is 46.3 Å². The van der Waals surface area contributed by atoms with Crippen molar-refractivity contribution in [2.24, 2.45) is 0 Å². The van der Waals surface area contributed by atoms with Crippen molar-refractivity contribution < 1.29 is 5.11 Å². The maximum Gasteiger partial charge on any atom is 0.104 e. The molecule has 0 aliphatic heterocycles. The molecule has 0 spiro atoms. The third-order valence-electron chi connectivity index (χ3n) is 3.19. The Kier molecular flexibility index (Phi) is 4.27. The van der Waals surface area contributed by atoms with E-state index in [1.807, 2.05) is 56.3 Å². The topological polar surface area (TPSA) is 32.3 Å². The first-order chi connectivity index (χ1) is 8.99. The van der Waals surface area contributed by atoms with Crippen molar-refractivity contribution in [3.63, 3.8) is 0 Å². The molecule has 0 fully saturated rings. The molecule has 2 nitrogen and oxygen atoms in total. The van der Waals surface area contributed by atoms with Crippen LogP contribution in [-0.4, -0.2) is 11.7 Å². The third kappa shape index (κ3) is 3.58. The zero-order valence-electron chi connectivity index (χ0n) is 11.2. The summed E-state index contributed by atoms with van der Waals surface area (Å²) < 4.78 is 1.09. The molecule has 0 aliphatic carbocycles. The first-order valence-corrected chi connectivity index (χ1v) is 7.06. The van der Waals surface area contributed by atoms with Crippen molar-refractivity contribution in [1.82, 2.24) is 0 Å². The number of benzene rings is 2. The van der Waals surface area contributed by atoms with Gasteiger partial charge in [-0.05, 0) is 43.2 Å². The molecule has 0 saturated heterocycles. The molecular weight excluding hydrogens is 302 g/mol. The highest BCUT2D eigenvalue weighted by molar-refractivity contribution is 9.10. The van der Waals surface area contributed by atoms with Gasteiger partial charge in [-0.3, -0.25) is 0 Å². The summed E-state index contributed by atoms with van der Waals surface area (Å²) in [5.41, 5.74) is 2.21. The van der Waals surface area contributed by atoms with E-state index in [2.05, 4.69) is 27.3 Å². The van der Waals surface area contributed by atoms with Gasteiger partial charge in [-0.15, -0.1) is 0 Å². The molecule has 1 atom stereocenters. The van der Waals surface area contributed by atoms with Crippen LogP contribution in [0.3, 0.4) is 0 Å². The molecular formula is C16H18BrNO. The zero-order chi connectivity index (χ0) is 13.9. The summed E-state index contributed by atoms with van der Waals surface area (Å²) in [5.74, 6) is 0. The molecule has 19 heavy (non-hydrogen) atoms. The van der Waals surface area contributed by atoms with Crippen molar-refractivity contribution in [3.8, 4) is 0 Å². The highest BCUT2D eigenvalue weighted by Gasteiger charge is 2.22. The number of hydrogen-bond acceptors (Lipinski definition) is 2. The van der Waals surface area contributed by atoms with Gasteiger partial charge in [0, 0.05) is 16.7 Å². The van der Waals surface area contributed by atoms with Crippen LogP contribution < -0.4 is 5.32 Å². The standard InChI is InChI=1S/C16H18BrNO/c1-12-10-14(8-9-15(12)17)18-11-16(2,19)13-6-4-3-5-7-13/h3-10,18-19H,11H2,1-2H3. The van der Waals surface area contributed by atoms with Crippen LogP contribution >= 0.6 is 15.9 Å². The maximum absolute atomic E-state index is 10.5. The van der Waals surface area contributed by atoms with E-state index in [4.69, 9.17) is 0 Å². The van der Waals surface area contributed by atoms with Gasteiger partial charge in [0.15, 0.2) is 0 Å². The fraction of sp³-hybridized carbons (Fsp3) is 0.250. The predicted octanol–water partition coefficient (Wildman–Crippen LogP) is 4.08. The molecule has 3 heteroatoms.